The molecule has 1 fully saturated rings. The van der Waals surface area contributed by atoms with Crippen molar-refractivity contribution >= 4 is 22.4 Å². The Labute approximate surface area is 141 Å². The van der Waals surface area contributed by atoms with Crippen molar-refractivity contribution in [3.63, 3.8) is 0 Å². The van der Waals surface area contributed by atoms with E-state index in [1.165, 1.54) is 18.4 Å². The van der Waals surface area contributed by atoms with Crippen LogP contribution < -0.4 is 17.0 Å². The second-order valence-corrected chi connectivity index (χ2v) is 7.61. The molecule has 0 amide bonds. The molecule has 1 unspecified atom stereocenters. The van der Waals surface area contributed by atoms with Crippen molar-refractivity contribution in [2.45, 2.75) is 24.2 Å². The predicted molar refractivity (Wildman–Crippen MR) is 89.3 cm³/mol. The molecule has 1 aliphatic heterocycles. The Morgan fingerprint density at radius 2 is 1.96 bits per heavy atom. The van der Waals surface area contributed by atoms with E-state index >= 15 is 0 Å². The normalized spacial score (nSPS) is 19.3. The van der Waals surface area contributed by atoms with E-state index < -0.39 is 21.3 Å². The van der Waals surface area contributed by atoms with Gasteiger partial charge in [0.1, 0.15) is 0 Å². The average molecular weight is 367 g/mol. The van der Waals surface area contributed by atoms with Crippen molar-refractivity contribution in [2.24, 2.45) is 25.7 Å². The van der Waals surface area contributed by atoms with E-state index in [4.69, 9.17) is 5.73 Å². The first-order valence-corrected chi connectivity index (χ1v) is 8.70. The Balaban J connectivity index is 0.00000264. The van der Waals surface area contributed by atoms with Crippen LogP contribution in [0.1, 0.15) is 19.3 Å². The van der Waals surface area contributed by atoms with Gasteiger partial charge in [0.2, 0.25) is 10.0 Å². The minimum atomic E-state index is -3.91. The minimum Gasteiger partial charge on any atom is -0.330 e. The Kier molecular flexibility index (Phi) is 6.58. The molecule has 1 saturated heterocycles. The summed E-state index contributed by atoms with van der Waals surface area (Å²) in [6.45, 7) is 1.26. The molecule has 0 radical (unpaired) electrons. The molecule has 1 aromatic heterocycles. The lowest BCUT2D eigenvalue weighted by Gasteiger charge is -2.31. The SMILES string of the molecule is Cl.Cn1cc(S(=O)(=O)N2CCCC(CCN)C2)c(=O)n(C)c1=O. The van der Waals surface area contributed by atoms with E-state index in [1.807, 2.05) is 0 Å². The minimum absolute atomic E-state index is 0. The van der Waals surface area contributed by atoms with Crippen LogP contribution in [0.4, 0.5) is 0 Å². The zero-order valence-corrected chi connectivity index (χ0v) is 14.9. The molecule has 132 valence electrons. The first-order chi connectivity index (χ1) is 10.3. The number of hydrogen-bond acceptors (Lipinski definition) is 5. The summed E-state index contributed by atoms with van der Waals surface area (Å²) in [7, 11) is -1.21. The van der Waals surface area contributed by atoms with Gasteiger partial charge in [-0.25, -0.2) is 13.2 Å². The lowest BCUT2D eigenvalue weighted by atomic mass is 9.96. The fraction of sp³-hybridized carbons (Fsp3) is 0.692. The molecule has 10 heteroatoms. The van der Waals surface area contributed by atoms with Crippen molar-refractivity contribution in [1.82, 2.24) is 13.4 Å². The number of aromatic nitrogens is 2. The maximum atomic E-state index is 12.7. The van der Waals surface area contributed by atoms with Gasteiger partial charge in [0.25, 0.3) is 5.56 Å². The number of aryl methyl sites for hydroxylation is 1. The Morgan fingerprint density at radius 1 is 1.30 bits per heavy atom. The average Bonchev–Trinajstić information content (AvgIpc) is 2.49. The van der Waals surface area contributed by atoms with E-state index in [9.17, 15) is 18.0 Å². The van der Waals surface area contributed by atoms with E-state index in [1.54, 1.807) is 0 Å². The van der Waals surface area contributed by atoms with Gasteiger partial charge in [-0.1, -0.05) is 0 Å². The van der Waals surface area contributed by atoms with Crippen molar-refractivity contribution in [2.75, 3.05) is 19.6 Å². The van der Waals surface area contributed by atoms with Crippen LogP contribution in [0.15, 0.2) is 20.7 Å². The third kappa shape index (κ3) is 3.85. The molecular formula is C13H23ClN4O4S. The molecule has 1 aromatic rings. The molecule has 8 nitrogen and oxygen atoms in total. The molecular weight excluding hydrogens is 344 g/mol. The van der Waals surface area contributed by atoms with Gasteiger partial charge in [-0.05, 0) is 31.7 Å². The largest absolute Gasteiger partial charge is 0.330 e. The zero-order chi connectivity index (χ0) is 16.5. The van der Waals surface area contributed by atoms with Gasteiger partial charge in [-0.15, -0.1) is 12.4 Å². The second kappa shape index (κ2) is 7.61. The van der Waals surface area contributed by atoms with Crippen LogP contribution >= 0.6 is 12.4 Å². The lowest BCUT2D eigenvalue weighted by molar-refractivity contribution is 0.258. The van der Waals surface area contributed by atoms with E-state index in [0.29, 0.717) is 19.6 Å². The third-order valence-corrected chi connectivity index (χ3v) is 5.94. The maximum Gasteiger partial charge on any atom is 0.330 e. The Bertz CT molecular complexity index is 769. The quantitative estimate of drug-likeness (QED) is 0.754. The summed E-state index contributed by atoms with van der Waals surface area (Å²) in [5.41, 5.74) is 4.21. The second-order valence-electron chi connectivity index (χ2n) is 5.70. The number of piperidine rings is 1. The van der Waals surface area contributed by atoms with Gasteiger partial charge < -0.3 is 10.3 Å². The molecule has 0 aromatic carbocycles. The summed E-state index contributed by atoms with van der Waals surface area (Å²) in [5.74, 6) is 0.213. The third-order valence-electron chi connectivity index (χ3n) is 4.09. The molecule has 1 aliphatic rings. The fourth-order valence-corrected chi connectivity index (χ4v) is 4.51. The molecule has 2 heterocycles. The summed E-state index contributed by atoms with van der Waals surface area (Å²) in [4.78, 5) is 23.5. The number of sulfonamides is 1. The summed E-state index contributed by atoms with van der Waals surface area (Å²) >= 11 is 0. The van der Waals surface area contributed by atoms with Crippen LogP contribution in [-0.2, 0) is 24.1 Å². The smallest absolute Gasteiger partial charge is 0.330 e. The van der Waals surface area contributed by atoms with Crippen LogP contribution in [0.5, 0.6) is 0 Å². The van der Waals surface area contributed by atoms with Crippen LogP contribution in [-0.4, -0.2) is 41.5 Å². The van der Waals surface area contributed by atoms with Gasteiger partial charge in [0.05, 0.1) is 0 Å². The fourth-order valence-electron chi connectivity index (χ4n) is 2.81. The van der Waals surface area contributed by atoms with E-state index in [-0.39, 0.29) is 23.2 Å². The first kappa shape index (κ1) is 19.9. The van der Waals surface area contributed by atoms with Crippen molar-refractivity contribution in [1.29, 1.82) is 0 Å². The van der Waals surface area contributed by atoms with Gasteiger partial charge >= 0.3 is 5.69 Å². The van der Waals surface area contributed by atoms with Crippen molar-refractivity contribution in [3.8, 4) is 0 Å². The summed E-state index contributed by atoms with van der Waals surface area (Å²) < 4.78 is 28.7. The maximum absolute atomic E-state index is 12.7. The molecule has 2 rings (SSSR count). The molecule has 23 heavy (non-hydrogen) atoms. The topological polar surface area (TPSA) is 107 Å². The van der Waals surface area contributed by atoms with Crippen molar-refractivity contribution < 1.29 is 8.42 Å². The summed E-state index contributed by atoms with van der Waals surface area (Å²) in [5, 5.41) is 0. The number of rotatable bonds is 4. The summed E-state index contributed by atoms with van der Waals surface area (Å²) in [6, 6.07) is 0. The first-order valence-electron chi connectivity index (χ1n) is 7.26. The number of halogens is 1. The van der Waals surface area contributed by atoms with Gasteiger partial charge in [-0.2, -0.15) is 4.31 Å². The van der Waals surface area contributed by atoms with E-state index in [0.717, 1.165) is 34.6 Å². The Morgan fingerprint density at radius 3 is 2.57 bits per heavy atom. The van der Waals surface area contributed by atoms with Crippen LogP contribution in [0, 0.1) is 5.92 Å². The van der Waals surface area contributed by atoms with Gasteiger partial charge in [0.15, 0.2) is 4.90 Å². The Hall–Kier alpha value is -1.16. The highest BCUT2D eigenvalue weighted by Gasteiger charge is 2.32. The van der Waals surface area contributed by atoms with Crippen LogP contribution in [0.3, 0.4) is 0 Å². The lowest BCUT2D eigenvalue weighted by Crippen LogP contribution is -2.45. The number of nitrogens with zero attached hydrogens (tertiary/aromatic N) is 3. The molecule has 0 bridgehead atoms. The zero-order valence-electron chi connectivity index (χ0n) is 13.3. The highest BCUT2D eigenvalue weighted by atomic mass is 35.5. The predicted octanol–water partition coefficient (Wildman–Crippen LogP) is -0.745. The molecule has 1 atom stereocenters. The van der Waals surface area contributed by atoms with E-state index in [2.05, 4.69) is 0 Å². The van der Waals surface area contributed by atoms with Gasteiger partial charge in [0, 0.05) is 33.4 Å². The number of nitrogens with two attached hydrogens (primary N) is 1. The van der Waals surface area contributed by atoms with Crippen LogP contribution in [0.2, 0.25) is 0 Å². The van der Waals surface area contributed by atoms with Crippen molar-refractivity contribution in [3.05, 3.63) is 27.0 Å². The molecule has 0 saturated carbocycles. The van der Waals surface area contributed by atoms with Gasteiger partial charge in [-0.3, -0.25) is 9.36 Å². The van der Waals surface area contributed by atoms with Crippen LogP contribution in [0.25, 0.3) is 0 Å². The molecule has 0 aliphatic carbocycles. The molecule has 2 N–H and O–H groups in total. The highest BCUT2D eigenvalue weighted by Crippen LogP contribution is 2.23. The number of hydrogen-bond donors (Lipinski definition) is 1. The summed E-state index contributed by atoms with van der Waals surface area (Å²) in [6.07, 6.45) is 3.55. The standard InChI is InChI=1S/C13H22N4O4S.ClH/c1-15-9-11(12(18)16(2)13(15)19)22(20,21)17-7-3-4-10(8-17)5-6-14;/h9-10H,3-8,14H2,1-2H3;1H. The monoisotopic (exact) mass is 366 g/mol. The molecule has 0 spiro atoms. The highest BCUT2D eigenvalue weighted by molar-refractivity contribution is 7.89.